The fourth-order valence-electron chi connectivity index (χ4n) is 2.86. The fourth-order valence-corrected chi connectivity index (χ4v) is 2.86. The molecule has 1 N–H and O–H groups in total. The van der Waals surface area contributed by atoms with Crippen molar-refractivity contribution in [1.82, 2.24) is 15.3 Å². The highest BCUT2D eigenvalue weighted by Gasteiger charge is 2.19. The van der Waals surface area contributed by atoms with Crippen LogP contribution in [0.1, 0.15) is 24.2 Å². The first kappa shape index (κ1) is 17.2. The van der Waals surface area contributed by atoms with Crippen molar-refractivity contribution in [3.63, 3.8) is 0 Å². The van der Waals surface area contributed by atoms with E-state index >= 15 is 0 Å². The van der Waals surface area contributed by atoms with E-state index in [-0.39, 0.29) is 5.91 Å². The Morgan fingerprint density at radius 1 is 1.16 bits per heavy atom. The SMILES string of the molecule is CC(C)CNC(=O)c1cncc(N2CCN(c3ccccn3)CC2)c1. The lowest BCUT2D eigenvalue weighted by Gasteiger charge is -2.36. The van der Waals surface area contributed by atoms with E-state index in [0.29, 0.717) is 18.0 Å². The first-order chi connectivity index (χ1) is 12.1. The summed E-state index contributed by atoms with van der Waals surface area (Å²) in [6, 6.07) is 7.91. The van der Waals surface area contributed by atoms with Crippen molar-refractivity contribution in [2.24, 2.45) is 5.92 Å². The molecule has 25 heavy (non-hydrogen) atoms. The molecule has 0 radical (unpaired) electrons. The van der Waals surface area contributed by atoms with Gasteiger partial charge in [0.2, 0.25) is 0 Å². The third kappa shape index (κ3) is 4.47. The molecule has 1 aliphatic rings. The molecule has 6 heteroatoms. The average molecular weight is 339 g/mol. The predicted molar refractivity (Wildman–Crippen MR) is 100 cm³/mol. The zero-order valence-electron chi connectivity index (χ0n) is 14.9. The molecule has 1 fully saturated rings. The standard InChI is InChI=1S/C19H25N5O/c1-15(2)12-22-19(25)16-11-17(14-20-13-16)23-7-9-24(10-8-23)18-5-3-4-6-21-18/h3-6,11,13-15H,7-10,12H2,1-2H3,(H,22,25). The van der Waals surface area contributed by atoms with Gasteiger partial charge in [-0.15, -0.1) is 0 Å². The number of rotatable bonds is 5. The Kier molecular flexibility index (Phi) is 5.48. The van der Waals surface area contributed by atoms with Crippen LogP contribution in [0.25, 0.3) is 0 Å². The van der Waals surface area contributed by atoms with Gasteiger partial charge in [-0.25, -0.2) is 4.98 Å². The largest absolute Gasteiger partial charge is 0.367 e. The van der Waals surface area contributed by atoms with Gasteiger partial charge in [-0.05, 0) is 24.1 Å². The summed E-state index contributed by atoms with van der Waals surface area (Å²) in [6.07, 6.45) is 5.28. The number of nitrogens with zero attached hydrogens (tertiary/aromatic N) is 4. The number of nitrogens with one attached hydrogen (secondary N) is 1. The number of anilines is 2. The van der Waals surface area contributed by atoms with Crippen LogP contribution in [0.15, 0.2) is 42.9 Å². The van der Waals surface area contributed by atoms with Crippen LogP contribution in [0.3, 0.4) is 0 Å². The first-order valence-electron chi connectivity index (χ1n) is 8.77. The normalized spacial score (nSPS) is 14.7. The van der Waals surface area contributed by atoms with Crippen molar-refractivity contribution >= 4 is 17.4 Å². The van der Waals surface area contributed by atoms with Gasteiger partial charge in [-0.3, -0.25) is 9.78 Å². The molecule has 0 spiro atoms. The third-order valence-corrected chi connectivity index (χ3v) is 4.27. The van der Waals surface area contributed by atoms with Gasteiger partial charge in [-0.1, -0.05) is 19.9 Å². The second kappa shape index (κ2) is 7.96. The van der Waals surface area contributed by atoms with Gasteiger partial charge < -0.3 is 15.1 Å². The van der Waals surface area contributed by atoms with Gasteiger partial charge in [0.1, 0.15) is 5.82 Å². The molecule has 0 atom stereocenters. The zero-order valence-corrected chi connectivity index (χ0v) is 14.9. The minimum absolute atomic E-state index is 0.0600. The maximum absolute atomic E-state index is 12.2. The van der Waals surface area contributed by atoms with Crippen LogP contribution in [0.5, 0.6) is 0 Å². The van der Waals surface area contributed by atoms with Crippen LogP contribution in [0.4, 0.5) is 11.5 Å². The van der Waals surface area contributed by atoms with Crippen LogP contribution < -0.4 is 15.1 Å². The smallest absolute Gasteiger partial charge is 0.252 e. The van der Waals surface area contributed by atoms with Gasteiger partial charge in [0.15, 0.2) is 0 Å². The summed E-state index contributed by atoms with van der Waals surface area (Å²) >= 11 is 0. The Labute approximate surface area is 148 Å². The number of aromatic nitrogens is 2. The highest BCUT2D eigenvalue weighted by Crippen LogP contribution is 2.19. The number of carbonyl (C=O) groups excluding carboxylic acids is 1. The van der Waals surface area contributed by atoms with Gasteiger partial charge in [0, 0.05) is 45.1 Å². The van der Waals surface area contributed by atoms with E-state index in [1.165, 1.54) is 0 Å². The molecule has 2 aromatic rings. The van der Waals surface area contributed by atoms with Gasteiger partial charge in [0.25, 0.3) is 5.91 Å². The van der Waals surface area contributed by atoms with E-state index in [2.05, 4.69) is 38.9 Å². The van der Waals surface area contributed by atoms with E-state index < -0.39 is 0 Å². The molecule has 2 aromatic heterocycles. The van der Waals surface area contributed by atoms with Crippen LogP contribution in [0.2, 0.25) is 0 Å². The van der Waals surface area contributed by atoms with Crippen molar-refractivity contribution in [2.45, 2.75) is 13.8 Å². The molecule has 1 amide bonds. The number of piperazine rings is 1. The van der Waals surface area contributed by atoms with Crippen LogP contribution in [-0.2, 0) is 0 Å². The van der Waals surface area contributed by atoms with E-state index in [0.717, 1.165) is 37.7 Å². The quantitative estimate of drug-likeness (QED) is 0.905. The number of carbonyl (C=O) groups is 1. The molecule has 3 rings (SSSR count). The topological polar surface area (TPSA) is 61.4 Å². The number of amides is 1. The Morgan fingerprint density at radius 2 is 1.92 bits per heavy atom. The number of hydrogen-bond acceptors (Lipinski definition) is 5. The second-order valence-electron chi connectivity index (χ2n) is 6.70. The summed E-state index contributed by atoms with van der Waals surface area (Å²) in [7, 11) is 0. The van der Waals surface area contributed by atoms with Crippen molar-refractivity contribution < 1.29 is 4.79 Å². The molecule has 0 saturated carbocycles. The summed E-state index contributed by atoms with van der Waals surface area (Å²) in [5.74, 6) is 1.39. The van der Waals surface area contributed by atoms with E-state index in [1.54, 1.807) is 6.20 Å². The van der Waals surface area contributed by atoms with Crippen LogP contribution >= 0.6 is 0 Å². The molecule has 0 bridgehead atoms. The number of pyridine rings is 2. The van der Waals surface area contributed by atoms with E-state index in [1.807, 2.05) is 36.7 Å². The maximum Gasteiger partial charge on any atom is 0.252 e. The van der Waals surface area contributed by atoms with Gasteiger partial charge >= 0.3 is 0 Å². The first-order valence-corrected chi connectivity index (χ1v) is 8.77. The molecular formula is C19H25N5O. The van der Waals surface area contributed by atoms with Crippen molar-refractivity contribution in [2.75, 3.05) is 42.5 Å². The second-order valence-corrected chi connectivity index (χ2v) is 6.70. The summed E-state index contributed by atoms with van der Waals surface area (Å²) in [5.41, 5.74) is 1.61. The lowest BCUT2D eigenvalue weighted by atomic mass is 10.2. The van der Waals surface area contributed by atoms with Crippen molar-refractivity contribution in [3.05, 3.63) is 48.4 Å². The lowest BCUT2D eigenvalue weighted by molar-refractivity contribution is 0.0948. The lowest BCUT2D eigenvalue weighted by Crippen LogP contribution is -2.46. The molecule has 1 aliphatic heterocycles. The summed E-state index contributed by atoms with van der Waals surface area (Å²) < 4.78 is 0. The molecule has 1 saturated heterocycles. The molecular weight excluding hydrogens is 314 g/mol. The van der Waals surface area contributed by atoms with Gasteiger partial charge in [0.05, 0.1) is 17.4 Å². The zero-order chi connectivity index (χ0) is 17.6. The molecule has 6 nitrogen and oxygen atoms in total. The Hall–Kier alpha value is -2.63. The third-order valence-electron chi connectivity index (χ3n) is 4.27. The minimum atomic E-state index is -0.0600. The molecule has 132 valence electrons. The predicted octanol–water partition coefficient (Wildman–Crippen LogP) is 2.19. The van der Waals surface area contributed by atoms with Crippen molar-refractivity contribution in [3.8, 4) is 0 Å². The summed E-state index contributed by atoms with van der Waals surface area (Å²) in [5, 5.41) is 2.94. The highest BCUT2D eigenvalue weighted by molar-refractivity contribution is 5.94. The summed E-state index contributed by atoms with van der Waals surface area (Å²) in [6.45, 7) is 8.41. The molecule has 0 aromatic carbocycles. The Bertz CT molecular complexity index is 696. The van der Waals surface area contributed by atoms with E-state index in [4.69, 9.17) is 0 Å². The summed E-state index contributed by atoms with van der Waals surface area (Å²) in [4.78, 5) is 25.5. The highest BCUT2D eigenvalue weighted by atomic mass is 16.1. The fraction of sp³-hybridized carbons (Fsp3) is 0.421. The monoisotopic (exact) mass is 339 g/mol. The average Bonchev–Trinajstić information content (AvgIpc) is 2.67. The van der Waals surface area contributed by atoms with E-state index in [9.17, 15) is 4.79 Å². The Balaban J connectivity index is 1.62. The molecule has 0 aliphatic carbocycles. The number of hydrogen-bond donors (Lipinski definition) is 1. The Morgan fingerprint density at radius 3 is 2.60 bits per heavy atom. The van der Waals surface area contributed by atoms with Gasteiger partial charge in [-0.2, -0.15) is 0 Å². The molecule has 0 unspecified atom stereocenters. The minimum Gasteiger partial charge on any atom is -0.367 e. The maximum atomic E-state index is 12.2. The molecule has 3 heterocycles. The van der Waals surface area contributed by atoms with Crippen LogP contribution in [-0.4, -0.2) is 48.6 Å². The van der Waals surface area contributed by atoms with Crippen LogP contribution in [0, 0.1) is 5.92 Å². The van der Waals surface area contributed by atoms with Crippen molar-refractivity contribution in [1.29, 1.82) is 0 Å².